The van der Waals surface area contributed by atoms with Gasteiger partial charge in [0.15, 0.2) is 0 Å². The average molecular weight is 275 g/mol. The first-order valence-corrected chi connectivity index (χ1v) is 6.14. The van der Waals surface area contributed by atoms with Crippen LogP contribution in [0.25, 0.3) is 0 Å². The summed E-state index contributed by atoms with van der Waals surface area (Å²) in [6.07, 6.45) is 2.14. The van der Waals surface area contributed by atoms with E-state index in [0.717, 1.165) is 6.42 Å². The Labute approximate surface area is 115 Å². The third-order valence-corrected chi connectivity index (χ3v) is 3.52. The van der Waals surface area contributed by atoms with Gasteiger partial charge in [-0.15, -0.1) is 0 Å². The first-order valence-electron chi connectivity index (χ1n) is 6.14. The molecule has 0 unspecified atom stereocenters. The highest BCUT2D eigenvalue weighted by Gasteiger charge is 2.40. The van der Waals surface area contributed by atoms with Crippen LogP contribution >= 0.6 is 0 Å². The van der Waals surface area contributed by atoms with Crippen molar-refractivity contribution in [2.75, 3.05) is 5.32 Å². The van der Waals surface area contributed by atoms with Gasteiger partial charge in [-0.05, 0) is 31.4 Å². The summed E-state index contributed by atoms with van der Waals surface area (Å²) >= 11 is 0. The summed E-state index contributed by atoms with van der Waals surface area (Å²) in [7, 11) is 0. The molecule has 0 atom stereocenters. The van der Waals surface area contributed by atoms with Crippen molar-refractivity contribution in [3.8, 4) is 6.07 Å². The summed E-state index contributed by atoms with van der Waals surface area (Å²) in [5, 5.41) is 31.7. The zero-order chi connectivity index (χ0) is 14.8. The number of hydrogen-bond acceptors (Lipinski definition) is 5. The van der Waals surface area contributed by atoms with Crippen molar-refractivity contribution in [3.63, 3.8) is 0 Å². The molecule has 0 radical (unpaired) electrons. The SMILES string of the molecule is N#Cc1ccc(NC2(CC(=O)O)CCC2)c([N+](=O)[O-])c1. The van der Waals surface area contributed by atoms with Crippen LogP contribution in [0.3, 0.4) is 0 Å². The van der Waals surface area contributed by atoms with Crippen molar-refractivity contribution in [1.82, 2.24) is 0 Å². The van der Waals surface area contributed by atoms with Gasteiger partial charge in [-0.25, -0.2) is 0 Å². The zero-order valence-corrected chi connectivity index (χ0v) is 10.6. The van der Waals surface area contributed by atoms with Crippen LogP contribution < -0.4 is 5.32 Å². The lowest BCUT2D eigenvalue weighted by atomic mass is 9.74. The summed E-state index contributed by atoms with van der Waals surface area (Å²) < 4.78 is 0. The van der Waals surface area contributed by atoms with Crippen molar-refractivity contribution in [3.05, 3.63) is 33.9 Å². The van der Waals surface area contributed by atoms with Gasteiger partial charge in [-0.1, -0.05) is 0 Å². The van der Waals surface area contributed by atoms with Crippen LogP contribution in [0.15, 0.2) is 18.2 Å². The standard InChI is InChI=1S/C13H13N3O4/c14-8-9-2-3-10(11(6-9)16(19)20)15-13(4-1-5-13)7-12(17)18/h2-3,6,15H,1,4-5,7H2,(H,17,18). The van der Waals surface area contributed by atoms with Crippen molar-refractivity contribution < 1.29 is 14.8 Å². The molecule has 1 aromatic rings. The molecule has 1 aromatic carbocycles. The highest BCUT2D eigenvalue weighted by molar-refractivity contribution is 5.71. The number of nitro benzene ring substituents is 1. The number of carboxylic acids is 1. The second kappa shape index (κ2) is 5.17. The predicted molar refractivity (Wildman–Crippen MR) is 70.3 cm³/mol. The van der Waals surface area contributed by atoms with E-state index in [2.05, 4.69) is 5.32 Å². The molecule has 20 heavy (non-hydrogen) atoms. The fourth-order valence-electron chi connectivity index (χ4n) is 2.38. The largest absolute Gasteiger partial charge is 0.481 e. The molecule has 0 spiro atoms. The summed E-state index contributed by atoms with van der Waals surface area (Å²) in [5.41, 5.74) is -0.371. The number of rotatable bonds is 5. The van der Waals surface area contributed by atoms with Gasteiger partial charge < -0.3 is 10.4 Å². The van der Waals surface area contributed by atoms with E-state index in [9.17, 15) is 14.9 Å². The number of anilines is 1. The molecule has 1 fully saturated rings. The molecule has 7 heteroatoms. The van der Waals surface area contributed by atoms with E-state index in [-0.39, 0.29) is 23.4 Å². The van der Waals surface area contributed by atoms with Gasteiger partial charge in [-0.3, -0.25) is 14.9 Å². The molecule has 0 aliphatic heterocycles. The van der Waals surface area contributed by atoms with Gasteiger partial charge in [0, 0.05) is 11.6 Å². The van der Waals surface area contributed by atoms with Crippen LogP contribution in [0.2, 0.25) is 0 Å². The Bertz CT molecular complexity index is 602. The van der Waals surface area contributed by atoms with E-state index in [1.807, 2.05) is 6.07 Å². The molecule has 0 amide bonds. The Morgan fingerprint density at radius 3 is 2.70 bits per heavy atom. The number of nitrogens with one attached hydrogen (secondary N) is 1. The fraction of sp³-hybridized carbons (Fsp3) is 0.385. The second-order valence-corrected chi connectivity index (χ2v) is 4.93. The van der Waals surface area contributed by atoms with E-state index in [4.69, 9.17) is 10.4 Å². The molecule has 2 rings (SSSR count). The Balaban J connectivity index is 2.31. The van der Waals surface area contributed by atoms with Gasteiger partial charge in [0.2, 0.25) is 0 Å². The van der Waals surface area contributed by atoms with Gasteiger partial charge in [0.05, 0.1) is 23.0 Å². The molecule has 7 nitrogen and oxygen atoms in total. The number of aliphatic carboxylic acids is 1. The lowest BCUT2D eigenvalue weighted by Crippen LogP contribution is -2.46. The van der Waals surface area contributed by atoms with Crippen LogP contribution in [-0.4, -0.2) is 21.5 Å². The quantitative estimate of drug-likeness (QED) is 0.629. The van der Waals surface area contributed by atoms with Crippen LogP contribution in [0.5, 0.6) is 0 Å². The number of carbonyl (C=O) groups is 1. The molecule has 1 aliphatic carbocycles. The third-order valence-electron chi connectivity index (χ3n) is 3.52. The molecule has 0 bridgehead atoms. The molecule has 1 saturated carbocycles. The van der Waals surface area contributed by atoms with Crippen LogP contribution in [0.4, 0.5) is 11.4 Å². The highest BCUT2D eigenvalue weighted by Crippen LogP contribution is 2.40. The number of carboxylic acid groups (broad SMARTS) is 1. The highest BCUT2D eigenvalue weighted by atomic mass is 16.6. The van der Waals surface area contributed by atoms with Gasteiger partial charge in [0.1, 0.15) is 5.69 Å². The first kappa shape index (κ1) is 13.8. The number of nitro groups is 1. The molecule has 0 heterocycles. The minimum absolute atomic E-state index is 0.0792. The van der Waals surface area contributed by atoms with Gasteiger partial charge >= 0.3 is 5.97 Å². The maximum Gasteiger partial charge on any atom is 0.305 e. The number of nitriles is 1. The van der Waals surface area contributed by atoms with E-state index in [1.165, 1.54) is 18.2 Å². The molecule has 1 aliphatic rings. The van der Waals surface area contributed by atoms with Gasteiger partial charge in [0.25, 0.3) is 5.69 Å². The normalized spacial score (nSPS) is 15.8. The monoisotopic (exact) mass is 275 g/mol. The number of benzene rings is 1. The fourth-order valence-corrected chi connectivity index (χ4v) is 2.38. The minimum Gasteiger partial charge on any atom is -0.481 e. The average Bonchev–Trinajstić information content (AvgIpc) is 2.35. The summed E-state index contributed by atoms with van der Waals surface area (Å²) in [4.78, 5) is 21.4. The van der Waals surface area contributed by atoms with E-state index in [0.29, 0.717) is 12.8 Å². The lowest BCUT2D eigenvalue weighted by molar-refractivity contribution is -0.384. The predicted octanol–water partition coefficient (Wildman–Crippen LogP) is 2.28. The molecular weight excluding hydrogens is 262 g/mol. The number of hydrogen-bond donors (Lipinski definition) is 2. The molecule has 0 aromatic heterocycles. The van der Waals surface area contributed by atoms with Crippen LogP contribution in [0.1, 0.15) is 31.2 Å². The molecular formula is C13H13N3O4. The van der Waals surface area contributed by atoms with E-state index < -0.39 is 16.4 Å². The van der Waals surface area contributed by atoms with Crippen LogP contribution in [-0.2, 0) is 4.79 Å². The third kappa shape index (κ3) is 2.69. The summed E-state index contributed by atoms with van der Waals surface area (Å²) in [5.74, 6) is -0.937. The Kier molecular flexibility index (Phi) is 3.57. The Morgan fingerprint density at radius 2 is 2.25 bits per heavy atom. The second-order valence-electron chi connectivity index (χ2n) is 4.93. The van der Waals surface area contributed by atoms with Crippen molar-refractivity contribution >= 4 is 17.3 Å². The smallest absolute Gasteiger partial charge is 0.305 e. The molecule has 2 N–H and O–H groups in total. The summed E-state index contributed by atoms with van der Waals surface area (Å²) in [6, 6.07) is 5.97. The zero-order valence-electron chi connectivity index (χ0n) is 10.6. The lowest BCUT2D eigenvalue weighted by Gasteiger charge is -2.42. The van der Waals surface area contributed by atoms with Crippen molar-refractivity contribution in [2.24, 2.45) is 0 Å². The van der Waals surface area contributed by atoms with Crippen LogP contribution in [0, 0.1) is 21.4 Å². The van der Waals surface area contributed by atoms with Gasteiger partial charge in [-0.2, -0.15) is 5.26 Å². The maximum absolute atomic E-state index is 11.0. The van der Waals surface area contributed by atoms with Crippen molar-refractivity contribution in [1.29, 1.82) is 5.26 Å². The number of nitrogens with zero attached hydrogens (tertiary/aromatic N) is 2. The molecule has 0 saturated heterocycles. The molecule has 104 valence electrons. The first-order chi connectivity index (χ1) is 9.46. The Morgan fingerprint density at radius 1 is 1.55 bits per heavy atom. The topological polar surface area (TPSA) is 116 Å². The maximum atomic E-state index is 11.0. The summed E-state index contributed by atoms with van der Waals surface area (Å²) in [6.45, 7) is 0. The van der Waals surface area contributed by atoms with E-state index in [1.54, 1.807) is 0 Å². The van der Waals surface area contributed by atoms with E-state index >= 15 is 0 Å². The van der Waals surface area contributed by atoms with Crippen molar-refractivity contribution in [2.45, 2.75) is 31.2 Å². The minimum atomic E-state index is -0.937. The Hall–Kier alpha value is -2.62.